The summed E-state index contributed by atoms with van der Waals surface area (Å²) in [4.78, 5) is 0. The number of aromatic nitrogens is 2. The molecule has 0 atom stereocenters. The van der Waals surface area contributed by atoms with E-state index in [2.05, 4.69) is 22.4 Å². The zero-order valence-corrected chi connectivity index (χ0v) is 10.4. The van der Waals surface area contributed by atoms with Crippen LogP contribution in [-0.2, 0) is 6.42 Å². The van der Waals surface area contributed by atoms with Gasteiger partial charge in [-0.25, -0.2) is 0 Å². The van der Waals surface area contributed by atoms with Crippen molar-refractivity contribution in [3.8, 4) is 0 Å². The van der Waals surface area contributed by atoms with Gasteiger partial charge in [0, 0.05) is 18.8 Å². The summed E-state index contributed by atoms with van der Waals surface area (Å²) in [6.07, 6.45) is 5.79. The minimum atomic E-state index is 0.496. The van der Waals surface area contributed by atoms with Gasteiger partial charge in [-0.3, -0.25) is 0 Å². The quantitative estimate of drug-likeness (QED) is 0.749. The van der Waals surface area contributed by atoms with Gasteiger partial charge in [-0.15, -0.1) is 16.7 Å². The summed E-state index contributed by atoms with van der Waals surface area (Å²) in [6.45, 7) is 3.18. The van der Waals surface area contributed by atoms with E-state index < -0.39 is 0 Å². The lowest BCUT2D eigenvalue weighted by molar-refractivity contribution is 0.465. The highest BCUT2D eigenvalue weighted by Crippen LogP contribution is 2.49. The maximum absolute atomic E-state index is 5.60. The number of aryl methyl sites for hydroxylation is 1. The topological polar surface area (TPSA) is 51.0 Å². The molecule has 1 heterocycles. The molecule has 0 saturated heterocycles. The Kier molecular flexibility index (Phi) is 3.69. The van der Waals surface area contributed by atoms with Crippen LogP contribution >= 0.6 is 11.6 Å². The largest absolute Gasteiger partial charge is 0.408 e. The third kappa shape index (κ3) is 2.88. The van der Waals surface area contributed by atoms with Crippen molar-refractivity contribution in [1.82, 2.24) is 10.2 Å². The molecule has 90 valence electrons. The van der Waals surface area contributed by atoms with Gasteiger partial charge in [-0.1, -0.05) is 18.4 Å². The lowest BCUT2D eigenvalue weighted by Gasteiger charge is -2.12. The van der Waals surface area contributed by atoms with E-state index in [1.54, 1.807) is 0 Å². The summed E-state index contributed by atoms with van der Waals surface area (Å²) < 4.78 is 5.41. The molecule has 0 aliphatic heterocycles. The van der Waals surface area contributed by atoms with Crippen molar-refractivity contribution in [2.75, 3.05) is 17.7 Å². The smallest absolute Gasteiger partial charge is 0.315 e. The van der Waals surface area contributed by atoms with Crippen LogP contribution in [0.2, 0.25) is 0 Å². The number of hydrogen-bond acceptors (Lipinski definition) is 4. The van der Waals surface area contributed by atoms with Crippen LogP contribution < -0.4 is 5.32 Å². The highest BCUT2D eigenvalue weighted by Gasteiger charge is 2.41. The molecule has 16 heavy (non-hydrogen) atoms. The van der Waals surface area contributed by atoms with Gasteiger partial charge in [-0.2, -0.15) is 0 Å². The zero-order valence-electron chi connectivity index (χ0n) is 9.63. The molecule has 1 aromatic rings. The molecule has 2 rings (SSSR count). The van der Waals surface area contributed by atoms with Crippen molar-refractivity contribution in [1.29, 1.82) is 0 Å². The number of nitrogens with zero attached hydrogens (tertiary/aromatic N) is 2. The molecular weight excluding hydrogens is 226 g/mol. The number of nitrogens with one attached hydrogen (secondary N) is 1. The number of hydrogen-bond donors (Lipinski definition) is 1. The van der Waals surface area contributed by atoms with Gasteiger partial charge >= 0.3 is 6.01 Å². The molecule has 5 heteroatoms. The maximum Gasteiger partial charge on any atom is 0.315 e. The van der Waals surface area contributed by atoms with Crippen molar-refractivity contribution in [2.45, 2.75) is 39.0 Å². The van der Waals surface area contributed by atoms with Gasteiger partial charge < -0.3 is 9.73 Å². The van der Waals surface area contributed by atoms with E-state index in [9.17, 15) is 0 Å². The highest BCUT2D eigenvalue weighted by atomic mass is 35.5. The van der Waals surface area contributed by atoms with Crippen molar-refractivity contribution in [3.63, 3.8) is 0 Å². The van der Waals surface area contributed by atoms with Crippen molar-refractivity contribution in [2.24, 2.45) is 5.41 Å². The molecule has 0 bridgehead atoms. The molecule has 0 aromatic carbocycles. The second-order valence-corrected chi connectivity index (χ2v) is 4.92. The molecule has 0 spiro atoms. The molecule has 1 saturated carbocycles. The third-order valence-electron chi connectivity index (χ3n) is 3.13. The molecule has 1 aliphatic carbocycles. The molecule has 1 aliphatic rings. The van der Waals surface area contributed by atoms with Crippen LogP contribution in [-0.4, -0.2) is 22.6 Å². The number of halogens is 1. The van der Waals surface area contributed by atoms with E-state index in [1.807, 2.05) is 0 Å². The molecule has 0 amide bonds. The zero-order chi connectivity index (χ0) is 11.4. The van der Waals surface area contributed by atoms with E-state index in [-0.39, 0.29) is 0 Å². The SMILES string of the molecule is CCCC1(CNc2nnc(CCCl)o2)CC1. The number of alkyl halides is 1. The Bertz CT molecular complexity index is 336. The lowest BCUT2D eigenvalue weighted by atomic mass is 10.0. The first kappa shape index (κ1) is 11.7. The van der Waals surface area contributed by atoms with Crippen LogP contribution in [0, 0.1) is 5.41 Å². The predicted molar refractivity (Wildman–Crippen MR) is 63.8 cm³/mol. The van der Waals surface area contributed by atoms with Gasteiger partial charge in [0.1, 0.15) is 0 Å². The number of anilines is 1. The Morgan fingerprint density at radius 2 is 2.25 bits per heavy atom. The minimum Gasteiger partial charge on any atom is -0.408 e. The molecule has 4 nitrogen and oxygen atoms in total. The van der Waals surface area contributed by atoms with Crippen LogP contribution in [0.4, 0.5) is 6.01 Å². The second-order valence-electron chi connectivity index (χ2n) is 4.54. The Hall–Kier alpha value is -0.770. The molecule has 0 radical (unpaired) electrons. The van der Waals surface area contributed by atoms with Gasteiger partial charge in [-0.05, 0) is 24.7 Å². The minimum absolute atomic E-state index is 0.496. The summed E-state index contributed by atoms with van der Waals surface area (Å²) in [5.41, 5.74) is 0.496. The molecule has 0 unspecified atom stereocenters. The fourth-order valence-corrected chi connectivity index (χ4v) is 2.15. The Morgan fingerprint density at radius 3 is 2.88 bits per heavy atom. The predicted octanol–water partition coefficient (Wildman–Crippen LogP) is 2.84. The van der Waals surface area contributed by atoms with Crippen LogP contribution in [0.15, 0.2) is 4.42 Å². The maximum atomic E-state index is 5.60. The Balaban J connectivity index is 1.80. The molecule has 1 fully saturated rings. The van der Waals surface area contributed by atoms with Crippen molar-refractivity contribution in [3.05, 3.63) is 5.89 Å². The fraction of sp³-hybridized carbons (Fsp3) is 0.818. The molecule has 1 N–H and O–H groups in total. The average Bonchev–Trinajstić information content (AvgIpc) is 2.89. The van der Waals surface area contributed by atoms with Crippen LogP contribution in [0.5, 0.6) is 0 Å². The highest BCUT2D eigenvalue weighted by molar-refractivity contribution is 6.17. The summed E-state index contributed by atoms with van der Waals surface area (Å²) in [5.74, 6) is 1.12. The standard InChI is InChI=1S/C11H18ClN3O/c1-2-4-11(5-6-11)8-13-10-15-14-9(16-10)3-7-12/h2-8H2,1H3,(H,13,15). The van der Waals surface area contributed by atoms with Gasteiger partial charge in [0.05, 0.1) is 0 Å². The second kappa shape index (κ2) is 5.04. The summed E-state index contributed by atoms with van der Waals surface area (Å²) in [6, 6.07) is 0.530. The average molecular weight is 244 g/mol. The Morgan fingerprint density at radius 1 is 1.44 bits per heavy atom. The summed E-state index contributed by atoms with van der Waals surface area (Å²) >= 11 is 5.60. The van der Waals surface area contributed by atoms with E-state index in [0.29, 0.717) is 29.6 Å². The van der Waals surface area contributed by atoms with Gasteiger partial charge in [0.2, 0.25) is 5.89 Å². The summed E-state index contributed by atoms with van der Waals surface area (Å²) in [7, 11) is 0. The first-order valence-corrected chi connectivity index (χ1v) is 6.44. The summed E-state index contributed by atoms with van der Waals surface area (Å²) in [5, 5.41) is 11.1. The van der Waals surface area contributed by atoms with E-state index in [0.717, 1.165) is 6.54 Å². The van der Waals surface area contributed by atoms with E-state index in [4.69, 9.17) is 16.0 Å². The van der Waals surface area contributed by atoms with Crippen LogP contribution in [0.3, 0.4) is 0 Å². The fourth-order valence-electron chi connectivity index (χ4n) is 1.99. The van der Waals surface area contributed by atoms with Gasteiger partial charge in [0.25, 0.3) is 0 Å². The van der Waals surface area contributed by atoms with E-state index >= 15 is 0 Å². The third-order valence-corrected chi connectivity index (χ3v) is 3.32. The first-order valence-electron chi connectivity index (χ1n) is 5.90. The van der Waals surface area contributed by atoms with Gasteiger partial charge in [0.15, 0.2) is 0 Å². The molecule has 1 aromatic heterocycles. The normalized spacial score (nSPS) is 17.4. The monoisotopic (exact) mass is 243 g/mol. The number of rotatable bonds is 7. The molecular formula is C11H18ClN3O. The lowest BCUT2D eigenvalue weighted by Crippen LogP contribution is -2.15. The van der Waals surface area contributed by atoms with Crippen LogP contribution in [0.25, 0.3) is 0 Å². The van der Waals surface area contributed by atoms with Crippen molar-refractivity contribution < 1.29 is 4.42 Å². The van der Waals surface area contributed by atoms with E-state index in [1.165, 1.54) is 25.7 Å². The van der Waals surface area contributed by atoms with Crippen molar-refractivity contribution >= 4 is 17.6 Å². The first-order chi connectivity index (χ1) is 7.78. The van der Waals surface area contributed by atoms with Crippen LogP contribution in [0.1, 0.15) is 38.5 Å². The Labute approximate surface area is 101 Å².